The average Bonchev–Trinajstić information content (AvgIpc) is 3.28. The zero-order valence-corrected chi connectivity index (χ0v) is 28.1. The molecule has 268 valence electrons. The van der Waals surface area contributed by atoms with Gasteiger partial charge in [-0.2, -0.15) is 26.3 Å². The fourth-order valence-electron chi connectivity index (χ4n) is 4.18. The van der Waals surface area contributed by atoms with Gasteiger partial charge in [0, 0.05) is 13.0 Å². The number of para-hydroxylation sites is 1. The van der Waals surface area contributed by atoms with Crippen LogP contribution < -0.4 is 35.7 Å². The van der Waals surface area contributed by atoms with E-state index >= 15 is 0 Å². The Hall–Kier alpha value is -2.85. The molecule has 0 aromatic heterocycles. The number of imide groups is 1. The van der Waals surface area contributed by atoms with E-state index in [9.17, 15) is 40.7 Å². The Bertz CT molecular complexity index is 1420. The minimum Gasteiger partial charge on any atom is -0.741 e. The van der Waals surface area contributed by atoms with E-state index in [2.05, 4.69) is 0 Å². The number of anilines is 1. The summed E-state index contributed by atoms with van der Waals surface area (Å²) in [6.45, 7) is 1.49. The number of amides is 2. The molecule has 2 heterocycles. The normalized spacial score (nSPS) is 21.1. The van der Waals surface area contributed by atoms with Gasteiger partial charge < -0.3 is 44.8 Å². The maximum Gasteiger partial charge on any atom is 2.00 e. The molecule has 4 rings (SSSR count). The Morgan fingerprint density at radius 2 is 1.15 bits per heavy atom. The van der Waals surface area contributed by atoms with Crippen molar-refractivity contribution in [1.29, 1.82) is 0 Å². The average molecular weight is 896 g/mol. The summed E-state index contributed by atoms with van der Waals surface area (Å²) in [4.78, 5) is 41.5. The molecule has 1 aromatic carbocycles. The fraction of sp³-hybridized carbons (Fsp3) is 0.381. The first-order valence-electron chi connectivity index (χ1n) is 10.6. The maximum atomic E-state index is 13.1. The molecule has 46 heavy (non-hydrogen) atoms. The summed E-state index contributed by atoms with van der Waals surface area (Å²) in [6, 6.07) is 8.77. The molecule has 0 radical (unpaired) electrons. The molecule has 15 N–H and O–H groups in total. The zero-order chi connectivity index (χ0) is 31.0. The number of hydrogen-bond donors (Lipinski definition) is 5. The number of fused-ring (bicyclic) bond motifs is 3. The summed E-state index contributed by atoms with van der Waals surface area (Å²) in [5, 5.41) is 0. The first-order chi connectivity index (χ1) is 18.0. The van der Waals surface area contributed by atoms with Crippen molar-refractivity contribution in [2.75, 3.05) is 11.9 Å². The number of carbonyl (C=O) groups is 3. The van der Waals surface area contributed by atoms with Crippen LogP contribution in [0.5, 0.6) is 0 Å². The van der Waals surface area contributed by atoms with Gasteiger partial charge in [0.1, 0.15) is 5.78 Å². The van der Waals surface area contributed by atoms with Crippen molar-refractivity contribution in [3.05, 3.63) is 54.3 Å². The van der Waals surface area contributed by atoms with Gasteiger partial charge in [0.2, 0.25) is 11.8 Å². The van der Waals surface area contributed by atoms with Gasteiger partial charge in [-0.25, -0.2) is 21.7 Å². The molecule has 2 aliphatic heterocycles. The Morgan fingerprint density at radius 1 is 0.783 bits per heavy atom. The van der Waals surface area contributed by atoms with Crippen molar-refractivity contribution < 1.29 is 86.5 Å². The van der Waals surface area contributed by atoms with E-state index in [0.717, 1.165) is 5.57 Å². The van der Waals surface area contributed by atoms with Crippen molar-refractivity contribution >= 4 is 43.5 Å². The largest absolute Gasteiger partial charge is 2.00 e. The van der Waals surface area contributed by atoms with Crippen LogP contribution in [0.2, 0.25) is 0 Å². The molecule has 3 aliphatic rings. The van der Waals surface area contributed by atoms with Crippen LogP contribution in [-0.4, -0.2) is 72.5 Å². The van der Waals surface area contributed by atoms with Crippen LogP contribution in [0, 0.1) is 17.8 Å². The molecule has 1 fully saturated rings. The quantitative estimate of drug-likeness (QED) is 0.123. The number of ketones is 1. The summed E-state index contributed by atoms with van der Waals surface area (Å²) in [6.07, 6.45) is 5.70. The number of carbonyl (C=O) groups excluding carboxylic acids is 3. The molecule has 16 nitrogen and oxygen atoms in total. The van der Waals surface area contributed by atoms with Gasteiger partial charge >= 0.3 is 30.8 Å². The fourth-order valence-corrected chi connectivity index (χ4v) is 4.18. The predicted octanol–water partition coefficient (Wildman–Crippen LogP) is 2.68. The summed E-state index contributed by atoms with van der Waals surface area (Å²) < 4.78 is 118. The van der Waals surface area contributed by atoms with Gasteiger partial charge in [-0.05, 0) is 36.9 Å². The van der Waals surface area contributed by atoms with E-state index < -0.39 is 49.0 Å². The molecule has 1 saturated heterocycles. The van der Waals surface area contributed by atoms with Gasteiger partial charge in [0.15, 0.2) is 20.2 Å². The molecule has 0 saturated carbocycles. The van der Waals surface area contributed by atoms with Crippen LogP contribution in [0.3, 0.4) is 0 Å². The Morgan fingerprint density at radius 3 is 1.50 bits per heavy atom. The molecule has 2 amide bonds. The molecular weight excluding hydrogens is 863 g/mol. The first kappa shape index (κ1) is 52.7. The van der Waals surface area contributed by atoms with E-state index in [4.69, 9.17) is 25.9 Å². The Balaban J connectivity index is -0.000000218. The Kier molecular flexibility index (Phi) is 21.2. The monoisotopic (exact) mass is 897 g/mol. The van der Waals surface area contributed by atoms with Crippen molar-refractivity contribution in [2.45, 2.75) is 24.0 Å². The standard InChI is InChI=1S/C19H18N2O3.2CHF3O3S.5H3N.Os/c1-11(22)14-10-12-8-9-20(2)17(12)16-15(14)18(23)21(19(16)24)13-6-4-3-5-7-13;2*2-1(3,4)8(5,6)7;;;;;;/h3-10,14-17H,1-2H3;2*(H,5,6,7);5*1H3;/q;;;;;;;;+2/p-2. The summed E-state index contributed by atoms with van der Waals surface area (Å²) in [5.74, 6) is -2.24. The third-order valence-electron chi connectivity index (χ3n) is 5.83. The summed E-state index contributed by atoms with van der Waals surface area (Å²) >= 11 is 0. The summed E-state index contributed by atoms with van der Waals surface area (Å²) in [7, 11) is -10.3. The van der Waals surface area contributed by atoms with E-state index in [1.807, 2.05) is 36.4 Å². The zero-order valence-electron chi connectivity index (χ0n) is 24.0. The minimum atomic E-state index is -6.09. The molecule has 0 spiro atoms. The van der Waals surface area contributed by atoms with E-state index in [1.54, 1.807) is 24.3 Å². The number of halogens is 6. The van der Waals surface area contributed by atoms with Crippen LogP contribution in [0.1, 0.15) is 6.92 Å². The molecule has 4 unspecified atom stereocenters. The third kappa shape index (κ3) is 11.4. The number of rotatable bonds is 2. The summed E-state index contributed by atoms with van der Waals surface area (Å²) in [5.41, 5.74) is -9.77. The van der Waals surface area contributed by atoms with Gasteiger partial charge in [0.25, 0.3) is 0 Å². The topological polar surface area (TPSA) is 347 Å². The van der Waals surface area contributed by atoms with Crippen molar-refractivity contribution in [2.24, 2.45) is 17.8 Å². The SMILES string of the molecule is CC(=O)C1C=C2C=CN(C)C2C2C(=O)N(c3ccccc3)C(=O)C12.N.N.N.N.N.O=S(=O)([O-])C(F)(F)F.O=S(=O)([O-])C(F)(F)F.[Os+2]. The molecule has 4 atom stereocenters. The number of hydrogen-bond acceptors (Lipinski definition) is 15. The van der Waals surface area contributed by atoms with Crippen molar-refractivity contribution in [3.8, 4) is 0 Å². The number of allylic oxidation sites excluding steroid dienone is 1. The van der Waals surface area contributed by atoms with Gasteiger partial charge in [-0.15, -0.1) is 0 Å². The third-order valence-corrected chi connectivity index (χ3v) is 6.96. The molecule has 0 bridgehead atoms. The number of benzene rings is 1. The second kappa shape index (κ2) is 18.5. The number of alkyl halides is 6. The number of likely N-dealkylation sites (N-methyl/N-ethyl adjacent to an activating group) is 1. The van der Waals surface area contributed by atoms with Crippen molar-refractivity contribution in [1.82, 2.24) is 35.7 Å². The second-order valence-corrected chi connectivity index (χ2v) is 11.2. The van der Waals surface area contributed by atoms with E-state index in [1.165, 1.54) is 11.8 Å². The predicted molar refractivity (Wildman–Crippen MR) is 145 cm³/mol. The van der Waals surface area contributed by atoms with Crippen LogP contribution >= 0.6 is 0 Å². The van der Waals surface area contributed by atoms with Crippen LogP contribution in [-0.2, 0) is 54.4 Å². The Labute approximate surface area is 273 Å². The van der Waals surface area contributed by atoms with Gasteiger partial charge in [-0.1, -0.05) is 24.3 Å². The number of Topliss-reactive ketones (excluding diaryl/α,β-unsaturated/α-hetero) is 1. The molecule has 1 aliphatic carbocycles. The van der Waals surface area contributed by atoms with Crippen LogP contribution in [0.25, 0.3) is 0 Å². The second-order valence-electron chi connectivity index (χ2n) is 8.43. The molecular formula is C21H33F6N7O9OsS2. The van der Waals surface area contributed by atoms with E-state index in [0.29, 0.717) is 5.69 Å². The first-order valence-corrected chi connectivity index (χ1v) is 13.4. The molecule has 25 heteroatoms. The van der Waals surface area contributed by atoms with Crippen LogP contribution in [0.4, 0.5) is 32.0 Å². The number of nitrogens with zero attached hydrogens (tertiary/aromatic N) is 2. The van der Waals surface area contributed by atoms with Crippen LogP contribution in [0.15, 0.2) is 54.3 Å². The van der Waals surface area contributed by atoms with Gasteiger partial charge in [0.05, 0.1) is 23.6 Å². The maximum absolute atomic E-state index is 13.1. The molecule has 1 aromatic rings. The smallest absolute Gasteiger partial charge is 0.741 e. The minimum absolute atomic E-state index is 0. The van der Waals surface area contributed by atoms with E-state index in [-0.39, 0.29) is 74.2 Å². The van der Waals surface area contributed by atoms with Gasteiger partial charge in [-0.3, -0.25) is 14.4 Å². The van der Waals surface area contributed by atoms with Crippen molar-refractivity contribution in [3.63, 3.8) is 0 Å².